The fraction of sp³-hybridized carbons (Fsp3) is 0.200. The molecule has 6 nitrogen and oxygen atoms in total. The highest BCUT2D eigenvalue weighted by molar-refractivity contribution is 7.18. The van der Waals surface area contributed by atoms with Gasteiger partial charge >= 0.3 is 5.97 Å². The van der Waals surface area contributed by atoms with Crippen molar-refractivity contribution in [1.82, 2.24) is 19.5 Å². The third-order valence-corrected chi connectivity index (χ3v) is 5.69. The molecule has 0 aliphatic heterocycles. The van der Waals surface area contributed by atoms with E-state index in [1.54, 1.807) is 29.9 Å². The zero-order valence-electron chi connectivity index (χ0n) is 15.5. The number of hydrogen-bond donors (Lipinski definition) is 0. The van der Waals surface area contributed by atoms with Gasteiger partial charge in [0, 0.05) is 31.2 Å². The summed E-state index contributed by atoms with van der Waals surface area (Å²) in [6.07, 6.45) is 5.31. The van der Waals surface area contributed by atoms with E-state index in [4.69, 9.17) is 9.72 Å². The number of rotatable bonds is 3. The summed E-state index contributed by atoms with van der Waals surface area (Å²) in [5, 5.41) is 0.899. The maximum atomic E-state index is 12.2. The molecule has 0 aromatic carbocycles. The molecule has 7 heteroatoms. The molecule has 0 saturated carbocycles. The average molecular weight is 378 g/mol. The molecular formula is C20H18N4O2S. The molecule has 0 aliphatic carbocycles. The van der Waals surface area contributed by atoms with Crippen molar-refractivity contribution in [2.75, 3.05) is 7.11 Å². The second-order valence-electron chi connectivity index (χ2n) is 6.34. The Morgan fingerprint density at radius 2 is 2.07 bits per heavy atom. The number of aryl methyl sites for hydroxylation is 3. The van der Waals surface area contributed by atoms with Gasteiger partial charge in [0.15, 0.2) is 0 Å². The molecule has 136 valence electrons. The molecule has 4 aromatic rings. The Morgan fingerprint density at radius 1 is 1.26 bits per heavy atom. The highest BCUT2D eigenvalue weighted by Crippen LogP contribution is 2.36. The number of pyridine rings is 2. The minimum atomic E-state index is -0.387. The first kappa shape index (κ1) is 17.4. The van der Waals surface area contributed by atoms with E-state index in [9.17, 15) is 4.79 Å². The maximum absolute atomic E-state index is 12.2. The predicted molar refractivity (Wildman–Crippen MR) is 106 cm³/mol. The summed E-state index contributed by atoms with van der Waals surface area (Å²) in [6.45, 7) is 3.99. The van der Waals surface area contributed by atoms with Crippen molar-refractivity contribution in [3.8, 4) is 21.1 Å². The zero-order chi connectivity index (χ0) is 19.1. The number of hydrogen-bond acceptors (Lipinski definition) is 6. The van der Waals surface area contributed by atoms with E-state index in [2.05, 4.69) is 9.97 Å². The lowest BCUT2D eigenvalue weighted by Gasteiger charge is -2.05. The second-order valence-corrected chi connectivity index (χ2v) is 7.34. The van der Waals surface area contributed by atoms with Gasteiger partial charge in [-0.25, -0.2) is 14.8 Å². The smallest absolute Gasteiger partial charge is 0.341 e. The van der Waals surface area contributed by atoms with Crippen LogP contribution >= 0.6 is 11.3 Å². The van der Waals surface area contributed by atoms with Gasteiger partial charge in [0.2, 0.25) is 0 Å². The van der Waals surface area contributed by atoms with Crippen molar-refractivity contribution in [1.29, 1.82) is 0 Å². The minimum Gasteiger partial charge on any atom is -0.465 e. The number of ether oxygens (including phenoxy) is 1. The number of thiazole rings is 1. The molecule has 0 spiro atoms. The third kappa shape index (κ3) is 2.90. The SMILES string of the molecule is COC(=O)c1cn(C)c2c(C)cc(-c3sc(-c4cccnc4)nc3C)nc12. The standard InChI is InChI=1S/C20H18N4O2S/c1-11-8-15(23-16-14(20(25)26-4)10-24(3)17(11)16)18-12(2)22-19(27-18)13-6-5-7-21-9-13/h5-10H,1-4H3. The monoisotopic (exact) mass is 378 g/mol. The molecule has 0 saturated heterocycles. The largest absolute Gasteiger partial charge is 0.465 e. The van der Waals surface area contributed by atoms with Crippen LogP contribution in [-0.2, 0) is 11.8 Å². The number of carbonyl (C=O) groups is 1. The van der Waals surface area contributed by atoms with Crippen molar-refractivity contribution < 1.29 is 9.53 Å². The molecule has 4 rings (SSSR count). The maximum Gasteiger partial charge on any atom is 0.341 e. The van der Waals surface area contributed by atoms with Gasteiger partial charge in [0.1, 0.15) is 16.1 Å². The summed E-state index contributed by atoms with van der Waals surface area (Å²) in [6, 6.07) is 5.92. The molecule has 4 heterocycles. The number of nitrogens with zero attached hydrogens (tertiary/aromatic N) is 4. The first-order valence-electron chi connectivity index (χ1n) is 8.42. The first-order valence-corrected chi connectivity index (χ1v) is 9.24. The lowest BCUT2D eigenvalue weighted by molar-refractivity contribution is 0.0602. The molecule has 0 bridgehead atoms. The Balaban J connectivity index is 1.90. The molecule has 0 aliphatic rings. The summed E-state index contributed by atoms with van der Waals surface area (Å²) in [4.78, 5) is 26.8. The summed E-state index contributed by atoms with van der Waals surface area (Å²) in [5.74, 6) is -0.387. The van der Waals surface area contributed by atoms with Crippen molar-refractivity contribution in [3.63, 3.8) is 0 Å². The second kappa shape index (κ2) is 6.59. The first-order chi connectivity index (χ1) is 13.0. The molecule has 0 unspecified atom stereocenters. The Hall–Kier alpha value is -3.06. The van der Waals surface area contributed by atoms with Crippen LogP contribution in [0.15, 0.2) is 36.8 Å². The zero-order valence-corrected chi connectivity index (χ0v) is 16.3. The van der Waals surface area contributed by atoms with E-state index in [1.807, 2.05) is 43.7 Å². The summed E-state index contributed by atoms with van der Waals surface area (Å²) >= 11 is 1.57. The molecule has 27 heavy (non-hydrogen) atoms. The Kier molecular flexibility index (Phi) is 4.24. The molecule has 0 N–H and O–H groups in total. The van der Waals surface area contributed by atoms with Crippen LogP contribution in [0.5, 0.6) is 0 Å². The van der Waals surface area contributed by atoms with E-state index in [-0.39, 0.29) is 5.97 Å². The molecule has 0 atom stereocenters. The lowest BCUT2D eigenvalue weighted by Crippen LogP contribution is -2.01. The third-order valence-electron chi connectivity index (χ3n) is 4.46. The number of fused-ring (bicyclic) bond motifs is 1. The molecule has 0 amide bonds. The van der Waals surface area contributed by atoms with Crippen LogP contribution in [0.2, 0.25) is 0 Å². The van der Waals surface area contributed by atoms with Crippen LogP contribution in [0, 0.1) is 13.8 Å². The molecule has 0 fully saturated rings. The molecule has 4 aromatic heterocycles. The number of carbonyl (C=O) groups excluding carboxylic acids is 1. The van der Waals surface area contributed by atoms with Crippen LogP contribution < -0.4 is 0 Å². The lowest BCUT2D eigenvalue weighted by atomic mass is 10.1. The summed E-state index contributed by atoms with van der Waals surface area (Å²) in [5.41, 5.74) is 5.77. The highest BCUT2D eigenvalue weighted by Gasteiger charge is 2.20. The Morgan fingerprint density at radius 3 is 2.78 bits per heavy atom. The van der Waals surface area contributed by atoms with E-state index in [1.165, 1.54) is 7.11 Å². The average Bonchev–Trinajstić information content (AvgIpc) is 3.22. The minimum absolute atomic E-state index is 0.387. The Bertz CT molecular complexity index is 1160. The van der Waals surface area contributed by atoms with Gasteiger partial charge in [0.05, 0.1) is 28.9 Å². The van der Waals surface area contributed by atoms with Crippen LogP contribution in [0.3, 0.4) is 0 Å². The summed E-state index contributed by atoms with van der Waals surface area (Å²) in [7, 11) is 3.28. The quantitative estimate of drug-likeness (QED) is 0.501. The van der Waals surface area contributed by atoms with E-state index in [0.29, 0.717) is 11.1 Å². The van der Waals surface area contributed by atoms with Gasteiger partial charge in [-0.15, -0.1) is 11.3 Å². The fourth-order valence-corrected chi connectivity index (χ4v) is 4.26. The number of aromatic nitrogens is 4. The topological polar surface area (TPSA) is 69.9 Å². The number of esters is 1. The van der Waals surface area contributed by atoms with Crippen LogP contribution in [0.25, 0.3) is 32.2 Å². The van der Waals surface area contributed by atoms with Crippen LogP contribution in [-0.4, -0.2) is 32.6 Å². The van der Waals surface area contributed by atoms with Gasteiger partial charge in [-0.3, -0.25) is 4.98 Å². The molecule has 0 radical (unpaired) electrons. The highest BCUT2D eigenvalue weighted by atomic mass is 32.1. The van der Waals surface area contributed by atoms with Crippen LogP contribution in [0.4, 0.5) is 0 Å². The predicted octanol–water partition coefficient (Wildman–Crippen LogP) is 4.16. The van der Waals surface area contributed by atoms with E-state index in [0.717, 1.165) is 37.9 Å². The normalized spacial score (nSPS) is 11.1. The molecular weight excluding hydrogens is 360 g/mol. The van der Waals surface area contributed by atoms with Crippen LogP contribution in [0.1, 0.15) is 21.6 Å². The van der Waals surface area contributed by atoms with Gasteiger partial charge < -0.3 is 9.30 Å². The van der Waals surface area contributed by atoms with Gasteiger partial charge in [-0.1, -0.05) is 0 Å². The van der Waals surface area contributed by atoms with Crippen molar-refractivity contribution >= 4 is 28.3 Å². The van der Waals surface area contributed by atoms with Crippen molar-refractivity contribution in [3.05, 3.63) is 53.6 Å². The number of methoxy groups -OCH3 is 1. The van der Waals surface area contributed by atoms with Crippen molar-refractivity contribution in [2.24, 2.45) is 7.05 Å². The van der Waals surface area contributed by atoms with Crippen molar-refractivity contribution in [2.45, 2.75) is 13.8 Å². The fourth-order valence-electron chi connectivity index (χ4n) is 3.24. The Labute approximate surface area is 160 Å². The van der Waals surface area contributed by atoms with E-state index < -0.39 is 0 Å². The summed E-state index contributed by atoms with van der Waals surface area (Å²) < 4.78 is 6.83. The van der Waals surface area contributed by atoms with Gasteiger partial charge in [-0.2, -0.15) is 0 Å². The van der Waals surface area contributed by atoms with Gasteiger partial charge in [0.25, 0.3) is 0 Å². The van der Waals surface area contributed by atoms with Gasteiger partial charge in [-0.05, 0) is 37.6 Å². The van der Waals surface area contributed by atoms with E-state index >= 15 is 0 Å².